The second-order valence-electron chi connectivity index (χ2n) is 7.12. The van der Waals surface area contributed by atoms with Crippen LogP contribution in [0.15, 0.2) is 65.2 Å². The second kappa shape index (κ2) is 9.93. The molecule has 0 radical (unpaired) electrons. The van der Waals surface area contributed by atoms with Crippen LogP contribution in [0.2, 0.25) is 0 Å². The van der Waals surface area contributed by atoms with Crippen molar-refractivity contribution in [2.24, 2.45) is 0 Å². The molecule has 1 aromatic heterocycles. The number of aromatic nitrogens is 1. The van der Waals surface area contributed by atoms with Gasteiger partial charge in [-0.2, -0.15) is 0 Å². The zero-order valence-electron chi connectivity index (χ0n) is 16.8. The van der Waals surface area contributed by atoms with Crippen LogP contribution < -0.4 is 10.1 Å². The Morgan fingerprint density at radius 1 is 1.03 bits per heavy atom. The molecule has 156 valence electrons. The number of nitrogens with one attached hydrogen (secondary N) is 1. The van der Waals surface area contributed by atoms with Crippen LogP contribution >= 0.6 is 0 Å². The fraction of sp³-hybridized carbons (Fsp3) is 0.304. The van der Waals surface area contributed by atoms with E-state index >= 15 is 0 Å². The van der Waals surface area contributed by atoms with Crippen molar-refractivity contribution in [1.29, 1.82) is 0 Å². The molecule has 0 unspecified atom stereocenters. The van der Waals surface area contributed by atoms with Crippen molar-refractivity contribution in [3.63, 3.8) is 0 Å². The van der Waals surface area contributed by atoms with E-state index in [1.807, 2.05) is 54.6 Å². The van der Waals surface area contributed by atoms with Gasteiger partial charge in [0.1, 0.15) is 18.1 Å². The van der Waals surface area contributed by atoms with Crippen molar-refractivity contribution in [3.05, 3.63) is 72.0 Å². The van der Waals surface area contributed by atoms with Gasteiger partial charge >= 0.3 is 6.09 Å². The molecule has 0 saturated carbocycles. The summed E-state index contributed by atoms with van der Waals surface area (Å²) in [6.07, 6.45) is 0.601. The zero-order valence-corrected chi connectivity index (χ0v) is 16.8. The Morgan fingerprint density at radius 2 is 1.87 bits per heavy atom. The summed E-state index contributed by atoms with van der Waals surface area (Å²) >= 11 is 0. The summed E-state index contributed by atoms with van der Waals surface area (Å²) in [6, 6.07) is 19.5. The van der Waals surface area contributed by atoms with Crippen LogP contribution in [0.25, 0.3) is 11.3 Å². The third-order valence-electron chi connectivity index (χ3n) is 4.89. The van der Waals surface area contributed by atoms with E-state index in [4.69, 9.17) is 14.0 Å². The second-order valence-corrected chi connectivity index (χ2v) is 7.12. The minimum atomic E-state index is -0.323. The maximum absolute atomic E-state index is 12.2. The summed E-state index contributed by atoms with van der Waals surface area (Å²) in [7, 11) is 0. The molecule has 1 aliphatic rings. The summed E-state index contributed by atoms with van der Waals surface area (Å²) < 4.78 is 16.5. The first kappa shape index (κ1) is 20.0. The fourth-order valence-corrected chi connectivity index (χ4v) is 3.23. The molecule has 1 fully saturated rings. The molecule has 7 nitrogen and oxygen atoms in total. The predicted octanol–water partition coefficient (Wildman–Crippen LogP) is 3.85. The third-order valence-corrected chi connectivity index (χ3v) is 4.89. The van der Waals surface area contributed by atoms with Crippen LogP contribution in [0.5, 0.6) is 5.75 Å². The van der Waals surface area contributed by atoms with Crippen molar-refractivity contribution in [3.8, 4) is 17.0 Å². The maximum atomic E-state index is 12.2. The van der Waals surface area contributed by atoms with Gasteiger partial charge in [-0.25, -0.2) is 4.79 Å². The third kappa shape index (κ3) is 5.39. The van der Waals surface area contributed by atoms with E-state index in [1.165, 1.54) is 0 Å². The van der Waals surface area contributed by atoms with Crippen molar-refractivity contribution in [2.45, 2.75) is 19.6 Å². The molecule has 0 aliphatic carbocycles. The fourth-order valence-electron chi connectivity index (χ4n) is 3.23. The Morgan fingerprint density at radius 3 is 2.70 bits per heavy atom. The maximum Gasteiger partial charge on any atom is 0.410 e. The number of ether oxygens (including phenoxy) is 2. The SMILES string of the molecule is O=C(OCc1cc(-c2ccc(OCc3ccccc3)cc2)no1)N1CCCNCC1. The lowest BCUT2D eigenvalue weighted by molar-refractivity contribution is 0.0899. The molecule has 3 aromatic rings. The first-order valence-corrected chi connectivity index (χ1v) is 10.1. The Balaban J connectivity index is 1.29. The topological polar surface area (TPSA) is 76.8 Å². The van der Waals surface area contributed by atoms with Crippen molar-refractivity contribution in [1.82, 2.24) is 15.4 Å². The highest BCUT2D eigenvalue weighted by molar-refractivity contribution is 5.67. The standard InChI is InChI=1S/C23H25N3O4/c27-23(26-13-4-11-24-12-14-26)29-17-21-15-22(25-30-21)19-7-9-20(10-8-19)28-16-18-5-2-1-3-6-18/h1-3,5-10,15,24H,4,11-14,16-17H2. The van der Waals surface area contributed by atoms with E-state index in [0.29, 0.717) is 31.2 Å². The Labute approximate surface area is 175 Å². The van der Waals surface area contributed by atoms with Gasteiger partial charge in [-0.1, -0.05) is 35.5 Å². The zero-order chi connectivity index (χ0) is 20.6. The molecule has 4 rings (SSSR count). The number of carbonyl (C=O) groups excluding carboxylic acids is 1. The van der Waals surface area contributed by atoms with E-state index in [0.717, 1.165) is 36.4 Å². The quantitative estimate of drug-likeness (QED) is 0.669. The van der Waals surface area contributed by atoms with Gasteiger partial charge in [-0.05, 0) is 42.8 Å². The normalized spacial score (nSPS) is 14.2. The molecule has 7 heteroatoms. The number of hydrogen-bond donors (Lipinski definition) is 1. The van der Waals surface area contributed by atoms with E-state index in [9.17, 15) is 4.79 Å². The molecule has 2 aromatic carbocycles. The van der Waals surface area contributed by atoms with Gasteiger partial charge in [-0.15, -0.1) is 0 Å². The van der Waals surface area contributed by atoms with Gasteiger partial charge < -0.3 is 24.2 Å². The van der Waals surface area contributed by atoms with Crippen molar-refractivity contribution < 1.29 is 18.8 Å². The summed E-state index contributed by atoms with van der Waals surface area (Å²) in [5.41, 5.74) is 2.71. The highest BCUT2D eigenvalue weighted by Crippen LogP contribution is 2.23. The average molecular weight is 407 g/mol. The molecule has 2 heterocycles. The van der Waals surface area contributed by atoms with E-state index in [2.05, 4.69) is 10.5 Å². The van der Waals surface area contributed by atoms with Gasteiger partial charge in [0.05, 0.1) is 0 Å². The van der Waals surface area contributed by atoms with Crippen LogP contribution in [-0.4, -0.2) is 42.3 Å². The highest BCUT2D eigenvalue weighted by atomic mass is 16.6. The predicted molar refractivity (Wildman–Crippen MR) is 112 cm³/mol. The summed E-state index contributed by atoms with van der Waals surface area (Å²) in [4.78, 5) is 13.9. The minimum absolute atomic E-state index is 0.0635. The summed E-state index contributed by atoms with van der Waals surface area (Å²) in [5.74, 6) is 1.29. The molecule has 1 amide bonds. The Bertz CT molecular complexity index is 933. The molecule has 0 bridgehead atoms. The number of amides is 1. The van der Waals surface area contributed by atoms with Crippen LogP contribution in [0, 0.1) is 0 Å². The molecule has 1 N–H and O–H groups in total. The first-order valence-electron chi connectivity index (χ1n) is 10.1. The van der Waals surface area contributed by atoms with Gasteiger partial charge in [0.15, 0.2) is 12.4 Å². The lowest BCUT2D eigenvalue weighted by Gasteiger charge is -2.18. The van der Waals surface area contributed by atoms with E-state index in [1.54, 1.807) is 11.0 Å². The molecular weight excluding hydrogens is 382 g/mol. The Hall–Kier alpha value is -3.32. The molecular formula is C23H25N3O4. The minimum Gasteiger partial charge on any atom is -0.489 e. The molecule has 1 aliphatic heterocycles. The average Bonchev–Trinajstić information content (AvgIpc) is 3.10. The number of carbonyl (C=O) groups is 1. The highest BCUT2D eigenvalue weighted by Gasteiger charge is 2.17. The van der Waals surface area contributed by atoms with Crippen LogP contribution in [0.1, 0.15) is 17.7 Å². The Kier molecular flexibility index (Phi) is 6.61. The largest absolute Gasteiger partial charge is 0.489 e. The van der Waals surface area contributed by atoms with Gasteiger partial charge in [0, 0.05) is 31.3 Å². The number of nitrogens with zero attached hydrogens (tertiary/aromatic N) is 2. The van der Waals surface area contributed by atoms with Gasteiger partial charge in [-0.3, -0.25) is 0 Å². The van der Waals surface area contributed by atoms with Gasteiger partial charge in [0.2, 0.25) is 0 Å². The lowest BCUT2D eigenvalue weighted by atomic mass is 10.1. The summed E-state index contributed by atoms with van der Waals surface area (Å²) in [5, 5.41) is 7.34. The molecule has 0 spiro atoms. The smallest absolute Gasteiger partial charge is 0.410 e. The van der Waals surface area contributed by atoms with Crippen LogP contribution in [-0.2, 0) is 18.0 Å². The number of benzene rings is 2. The number of hydrogen-bond acceptors (Lipinski definition) is 6. The molecule has 0 atom stereocenters. The molecule has 30 heavy (non-hydrogen) atoms. The van der Waals surface area contributed by atoms with Crippen molar-refractivity contribution in [2.75, 3.05) is 26.2 Å². The molecule has 1 saturated heterocycles. The first-order chi connectivity index (χ1) is 14.8. The lowest BCUT2D eigenvalue weighted by Crippen LogP contribution is -2.34. The van der Waals surface area contributed by atoms with Crippen LogP contribution in [0.3, 0.4) is 0 Å². The number of rotatable bonds is 6. The van der Waals surface area contributed by atoms with Crippen molar-refractivity contribution >= 4 is 6.09 Å². The van der Waals surface area contributed by atoms with E-state index in [-0.39, 0.29) is 12.7 Å². The monoisotopic (exact) mass is 407 g/mol. The van der Waals surface area contributed by atoms with E-state index < -0.39 is 0 Å². The summed E-state index contributed by atoms with van der Waals surface area (Å²) in [6.45, 7) is 3.64. The van der Waals surface area contributed by atoms with Gasteiger partial charge in [0.25, 0.3) is 0 Å². The van der Waals surface area contributed by atoms with Crippen LogP contribution in [0.4, 0.5) is 4.79 Å².